The average molecular weight is 410 g/mol. The predicted octanol–water partition coefficient (Wildman–Crippen LogP) is 4.08. The van der Waals surface area contributed by atoms with E-state index in [0.717, 1.165) is 5.56 Å². The van der Waals surface area contributed by atoms with Crippen LogP contribution in [0.15, 0.2) is 53.0 Å². The van der Waals surface area contributed by atoms with E-state index in [4.69, 9.17) is 23.4 Å². The third-order valence-corrected chi connectivity index (χ3v) is 4.20. The number of methoxy groups -OCH3 is 3. The zero-order valence-electron chi connectivity index (χ0n) is 17.1. The van der Waals surface area contributed by atoms with E-state index in [9.17, 15) is 4.79 Å². The summed E-state index contributed by atoms with van der Waals surface area (Å²) in [6.45, 7) is 1.66. The molecular weight excluding hydrogens is 388 g/mol. The Kier molecular flexibility index (Phi) is 6.69. The molecule has 0 spiro atoms. The number of aromatic nitrogens is 2. The Hall–Kier alpha value is -3.81. The second kappa shape index (κ2) is 9.60. The van der Waals surface area contributed by atoms with Gasteiger partial charge in [0.15, 0.2) is 17.6 Å². The van der Waals surface area contributed by atoms with Gasteiger partial charge in [0.25, 0.3) is 5.89 Å². The highest BCUT2D eigenvalue weighted by atomic mass is 16.6. The Morgan fingerprint density at radius 1 is 1.00 bits per heavy atom. The molecule has 0 amide bonds. The molecule has 0 aliphatic carbocycles. The smallest absolute Gasteiger partial charge is 0.331 e. The van der Waals surface area contributed by atoms with E-state index in [1.807, 2.05) is 30.3 Å². The highest BCUT2D eigenvalue weighted by Crippen LogP contribution is 2.38. The van der Waals surface area contributed by atoms with E-state index in [-0.39, 0.29) is 5.89 Å². The molecule has 156 valence electrons. The highest BCUT2D eigenvalue weighted by Gasteiger charge is 2.18. The minimum atomic E-state index is -0.702. The Morgan fingerprint density at radius 3 is 2.27 bits per heavy atom. The second-order valence-corrected chi connectivity index (χ2v) is 6.18. The molecule has 1 aromatic heterocycles. The van der Waals surface area contributed by atoms with E-state index in [0.29, 0.717) is 28.7 Å². The number of carbonyl (C=O) groups is 1. The van der Waals surface area contributed by atoms with Gasteiger partial charge in [0.2, 0.25) is 11.6 Å². The molecular formula is C22H22N2O6. The van der Waals surface area contributed by atoms with Crippen molar-refractivity contribution in [1.82, 2.24) is 10.2 Å². The van der Waals surface area contributed by atoms with Crippen LogP contribution in [-0.2, 0) is 9.53 Å². The van der Waals surface area contributed by atoms with Crippen LogP contribution in [0, 0.1) is 0 Å². The molecule has 0 fully saturated rings. The van der Waals surface area contributed by atoms with Crippen LogP contribution in [0.5, 0.6) is 17.2 Å². The molecule has 0 aliphatic heterocycles. The van der Waals surface area contributed by atoms with Crippen LogP contribution < -0.4 is 14.2 Å². The molecule has 0 saturated carbocycles. The number of ether oxygens (including phenoxy) is 4. The predicted molar refractivity (Wildman–Crippen MR) is 109 cm³/mol. The van der Waals surface area contributed by atoms with Crippen LogP contribution in [0.1, 0.15) is 24.5 Å². The van der Waals surface area contributed by atoms with Crippen molar-refractivity contribution >= 4 is 12.0 Å². The zero-order valence-corrected chi connectivity index (χ0v) is 17.1. The number of benzene rings is 2. The standard InChI is InChI=1S/C22H22N2O6/c1-14(21-23-24-22(30-21)16-8-6-5-7-9-16)29-19(25)11-10-15-12-17(26-2)20(28-4)18(13-15)27-3/h5-14H,1-4H3/b11-10+/t14-/m1/s1. The Morgan fingerprint density at radius 2 is 1.67 bits per heavy atom. The minimum absolute atomic E-state index is 0.211. The molecule has 8 heteroatoms. The molecule has 0 saturated heterocycles. The normalized spacial score (nSPS) is 11.9. The summed E-state index contributed by atoms with van der Waals surface area (Å²) < 4.78 is 26.9. The van der Waals surface area contributed by atoms with Crippen molar-refractivity contribution in [1.29, 1.82) is 0 Å². The largest absolute Gasteiger partial charge is 0.493 e. The van der Waals surface area contributed by atoms with Crippen LogP contribution >= 0.6 is 0 Å². The molecule has 0 aliphatic rings. The quantitative estimate of drug-likeness (QED) is 0.405. The zero-order chi connectivity index (χ0) is 21.5. The van der Waals surface area contributed by atoms with E-state index in [1.54, 1.807) is 25.1 Å². The maximum absolute atomic E-state index is 12.2. The second-order valence-electron chi connectivity index (χ2n) is 6.18. The molecule has 1 atom stereocenters. The monoisotopic (exact) mass is 410 g/mol. The van der Waals surface area contributed by atoms with E-state index < -0.39 is 12.1 Å². The fourth-order valence-electron chi connectivity index (χ4n) is 2.72. The molecule has 8 nitrogen and oxygen atoms in total. The van der Waals surface area contributed by atoms with Crippen molar-refractivity contribution in [2.75, 3.05) is 21.3 Å². The van der Waals surface area contributed by atoms with Gasteiger partial charge in [-0.15, -0.1) is 10.2 Å². The van der Waals surface area contributed by atoms with Gasteiger partial charge >= 0.3 is 5.97 Å². The van der Waals surface area contributed by atoms with Crippen LogP contribution in [-0.4, -0.2) is 37.5 Å². The van der Waals surface area contributed by atoms with Gasteiger partial charge in [-0.05, 0) is 42.8 Å². The molecule has 0 unspecified atom stereocenters. The van der Waals surface area contributed by atoms with Gasteiger partial charge in [-0.3, -0.25) is 0 Å². The fraction of sp³-hybridized carbons (Fsp3) is 0.227. The minimum Gasteiger partial charge on any atom is -0.493 e. The van der Waals surface area contributed by atoms with Gasteiger partial charge in [-0.2, -0.15) is 0 Å². The third kappa shape index (κ3) is 4.78. The lowest BCUT2D eigenvalue weighted by Crippen LogP contribution is -2.06. The Balaban J connectivity index is 1.68. The lowest BCUT2D eigenvalue weighted by molar-refractivity contribution is -0.143. The van der Waals surface area contributed by atoms with Crippen molar-refractivity contribution in [3.8, 4) is 28.7 Å². The topological polar surface area (TPSA) is 92.9 Å². The molecule has 1 heterocycles. The summed E-state index contributed by atoms with van der Waals surface area (Å²) >= 11 is 0. The van der Waals surface area contributed by atoms with Crippen molar-refractivity contribution in [2.45, 2.75) is 13.0 Å². The molecule has 3 aromatic rings. The van der Waals surface area contributed by atoms with Crippen molar-refractivity contribution < 1.29 is 28.2 Å². The molecule has 30 heavy (non-hydrogen) atoms. The Bertz CT molecular complexity index is 1000. The van der Waals surface area contributed by atoms with Crippen LogP contribution in [0.2, 0.25) is 0 Å². The molecule has 2 aromatic carbocycles. The molecule has 0 N–H and O–H groups in total. The summed E-state index contributed by atoms with van der Waals surface area (Å²) in [7, 11) is 4.57. The van der Waals surface area contributed by atoms with Gasteiger partial charge in [0, 0.05) is 11.6 Å². The first-order chi connectivity index (χ1) is 14.5. The first kappa shape index (κ1) is 20.9. The first-order valence-electron chi connectivity index (χ1n) is 9.13. The molecule has 0 radical (unpaired) electrons. The summed E-state index contributed by atoms with van der Waals surface area (Å²) in [5, 5.41) is 7.96. The van der Waals surface area contributed by atoms with E-state index >= 15 is 0 Å². The number of hydrogen-bond acceptors (Lipinski definition) is 8. The number of hydrogen-bond donors (Lipinski definition) is 0. The first-order valence-corrected chi connectivity index (χ1v) is 9.13. The summed E-state index contributed by atoms with van der Waals surface area (Å²) in [5.41, 5.74) is 1.47. The lowest BCUT2D eigenvalue weighted by atomic mass is 10.1. The number of esters is 1. The lowest BCUT2D eigenvalue weighted by Gasteiger charge is -2.12. The number of nitrogens with zero attached hydrogens (tertiary/aromatic N) is 2. The summed E-state index contributed by atoms with van der Waals surface area (Å²) in [5.74, 6) is 1.45. The van der Waals surface area contributed by atoms with Crippen LogP contribution in [0.3, 0.4) is 0 Å². The van der Waals surface area contributed by atoms with Crippen molar-refractivity contribution in [2.24, 2.45) is 0 Å². The molecule has 0 bridgehead atoms. The summed E-state index contributed by atoms with van der Waals surface area (Å²) in [4.78, 5) is 12.2. The summed E-state index contributed by atoms with van der Waals surface area (Å²) in [6, 6.07) is 12.8. The number of rotatable bonds is 8. The van der Waals surface area contributed by atoms with Crippen LogP contribution in [0.25, 0.3) is 17.5 Å². The summed E-state index contributed by atoms with van der Waals surface area (Å²) in [6.07, 6.45) is 2.18. The van der Waals surface area contributed by atoms with Gasteiger partial charge in [-0.1, -0.05) is 18.2 Å². The number of carbonyl (C=O) groups excluding carboxylic acids is 1. The highest BCUT2D eigenvalue weighted by molar-refractivity contribution is 5.87. The van der Waals surface area contributed by atoms with E-state index in [2.05, 4.69) is 10.2 Å². The average Bonchev–Trinajstić information content (AvgIpc) is 3.28. The van der Waals surface area contributed by atoms with Gasteiger partial charge in [0.05, 0.1) is 21.3 Å². The SMILES string of the molecule is COc1cc(/C=C/C(=O)O[C@H](C)c2nnc(-c3ccccc3)o2)cc(OC)c1OC. The molecule has 3 rings (SSSR count). The van der Waals surface area contributed by atoms with Crippen molar-refractivity contribution in [3.63, 3.8) is 0 Å². The van der Waals surface area contributed by atoms with E-state index in [1.165, 1.54) is 27.4 Å². The van der Waals surface area contributed by atoms with Gasteiger partial charge < -0.3 is 23.4 Å². The van der Waals surface area contributed by atoms with Gasteiger partial charge in [0.1, 0.15) is 0 Å². The van der Waals surface area contributed by atoms with Crippen LogP contribution in [0.4, 0.5) is 0 Å². The van der Waals surface area contributed by atoms with Gasteiger partial charge in [-0.25, -0.2) is 4.79 Å². The van der Waals surface area contributed by atoms with Crippen molar-refractivity contribution in [3.05, 3.63) is 60.0 Å². The Labute approximate surface area is 174 Å². The fourth-order valence-corrected chi connectivity index (χ4v) is 2.72. The third-order valence-electron chi connectivity index (χ3n) is 4.20. The maximum atomic E-state index is 12.2. The maximum Gasteiger partial charge on any atom is 0.331 e.